The lowest BCUT2D eigenvalue weighted by Crippen LogP contribution is -2.59. The summed E-state index contributed by atoms with van der Waals surface area (Å²) in [6.07, 6.45) is -0.0779. The van der Waals surface area contributed by atoms with Crippen LogP contribution in [0, 0.1) is 0 Å². The van der Waals surface area contributed by atoms with Crippen molar-refractivity contribution in [3.63, 3.8) is 0 Å². The van der Waals surface area contributed by atoms with E-state index in [2.05, 4.69) is 0 Å². The van der Waals surface area contributed by atoms with Gasteiger partial charge in [0.2, 0.25) is 5.54 Å². The molecule has 0 unspecified atom stereocenters. The number of aliphatic carboxylic acids is 2. The Hall–Kier alpha value is -1.88. The van der Waals surface area contributed by atoms with Crippen molar-refractivity contribution in [1.29, 1.82) is 0 Å². The molecule has 0 saturated carbocycles. The highest BCUT2D eigenvalue weighted by atomic mass is 16.4. The van der Waals surface area contributed by atoms with Gasteiger partial charge in [-0.15, -0.1) is 0 Å². The molecule has 1 aromatic rings. The second kappa shape index (κ2) is 4.97. The first-order chi connectivity index (χ1) is 7.91. The van der Waals surface area contributed by atoms with Gasteiger partial charge in [0.15, 0.2) is 0 Å². The molecule has 0 amide bonds. The van der Waals surface area contributed by atoms with Crippen LogP contribution in [0.4, 0.5) is 0 Å². The van der Waals surface area contributed by atoms with Crippen molar-refractivity contribution in [1.82, 2.24) is 4.90 Å². The van der Waals surface area contributed by atoms with Crippen LogP contribution in [0.3, 0.4) is 0 Å². The lowest BCUT2D eigenvalue weighted by atomic mass is 9.89. The van der Waals surface area contributed by atoms with Crippen LogP contribution in [0.5, 0.6) is 0 Å². The van der Waals surface area contributed by atoms with Crippen molar-refractivity contribution >= 4 is 11.9 Å². The first-order valence-electron chi connectivity index (χ1n) is 5.09. The van der Waals surface area contributed by atoms with Gasteiger partial charge in [-0.25, -0.2) is 9.59 Å². The summed E-state index contributed by atoms with van der Waals surface area (Å²) in [4.78, 5) is 23.8. The first-order valence-corrected chi connectivity index (χ1v) is 5.09. The monoisotopic (exact) mass is 237 g/mol. The lowest BCUT2D eigenvalue weighted by molar-refractivity contribution is -0.165. The molecule has 0 bridgehead atoms. The van der Waals surface area contributed by atoms with E-state index in [0.29, 0.717) is 5.56 Å². The second-order valence-corrected chi connectivity index (χ2v) is 4.03. The van der Waals surface area contributed by atoms with Crippen molar-refractivity contribution in [2.24, 2.45) is 0 Å². The van der Waals surface area contributed by atoms with E-state index in [4.69, 9.17) is 0 Å². The molecule has 5 nitrogen and oxygen atoms in total. The molecule has 5 heteroatoms. The van der Waals surface area contributed by atoms with Crippen LogP contribution in [0.1, 0.15) is 5.56 Å². The Bertz CT molecular complexity index is 400. The molecular weight excluding hydrogens is 222 g/mol. The highest BCUT2D eigenvalue weighted by molar-refractivity contribution is 6.03. The molecule has 17 heavy (non-hydrogen) atoms. The number of benzene rings is 1. The number of nitrogens with zero attached hydrogens (tertiary/aromatic N) is 1. The van der Waals surface area contributed by atoms with Gasteiger partial charge in [0, 0.05) is 6.42 Å². The zero-order chi connectivity index (χ0) is 13.1. The van der Waals surface area contributed by atoms with Crippen molar-refractivity contribution in [3.8, 4) is 0 Å². The van der Waals surface area contributed by atoms with Gasteiger partial charge in [0.25, 0.3) is 0 Å². The van der Waals surface area contributed by atoms with Crippen LogP contribution in [-0.2, 0) is 16.0 Å². The predicted molar refractivity (Wildman–Crippen MR) is 61.8 cm³/mol. The molecular formula is C12H15NO4. The van der Waals surface area contributed by atoms with Gasteiger partial charge in [-0.1, -0.05) is 30.3 Å². The molecule has 92 valence electrons. The molecule has 2 N–H and O–H groups in total. The van der Waals surface area contributed by atoms with Crippen molar-refractivity contribution in [2.75, 3.05) is 14.1 Å². The van der Waals surface area contributed by atoms with Gasteiger partial charge in [0.1, 0.15) is 0 Å². The van der Waals surface area contributed by atoms with E-state index in [1.165, 1.54) is 19.0 Å². The lowest BCUT2D eigenvalue weighted by Gasteiger charge is -2.31. The summed E-state index contributed by atoms with van der Waals surface area (Å²) in [5.41, 5.74) is -1.26. The number of carbonyl (C=O) groups is 2. The minimum atomic E-state index is -1.93. The van der Waals surface area contributed by atoms with Gasteiger partial charge in [-0.2, -0.15) is 0 Å². The van der Waals surface area contributed by atoms with E-state index in [0.717, 1.165) is 0 Å². The summed E-state index contributed by atoms with van der Waals surface area (Å²) in [5, 5.41) is 18.4. The van der Waals surface area contributed by atoms with E-state index in [1.54, 1.807) is 30.3 Å². The maximum atomic E-state index is 11.3. The molecule has 0 aromatic heterocycles. The second-order valence-electron chi connectivity index (χ2n) is 4.03. The molecule has 1 aromatic carbocycles. The molecule has 0 heterocycles. The fourth-order valence-electron chi connectivity index (χ4n) is 1.67. The summed E-state index contributed by atoms with van der Waals surface area (Å²) in [7, 11) is 2.90. The van der Waals surface area contributed by atoms with Crippen LogP contribution in [-0.4, -0.2) is 46.7 Å². The number of carboxylic acids is 2. The van der Waals surface area contributed by atoms with Crippen LogP contribution in [0.15, 0.2) is 30.3 Å². The smallest absolute Gasteiger partial charge is 0.336 e. The SMILES string of the molecule is CN(C)C(Cc1ccccc1)(C(=O)O)C(=O)O. The Morgan fingerprint density at radius 2 is 1.59 bits per heavy atom. The van der Waals surface area contributed by atoms with E-state index in [9.17, 15) is 19.8 Å². The van der Waals surface area contributed by atoms with E-state index >= 15 is 0 Å². The molecule has 0 aliphatic carbocycles. The molecule has 0 spiro atoms. The summed E-state index contributed by atoms with van der Waals surface area (Å²) < 4.78 is 0. The Labute approximate surface area is 99.3 Å². The molecule has 0 aliphatic rings. The minimum absolute atomic E-state index is 0.0779. The van der Waals surface area contributed by atoms with Crippen LogP contribution in [0.25, 0.3) is 0 Å². The topological polar surface area (TPSA) is 77.8 Å². The predicted octanol–water partition coefficient (Wildman–Crippen LogP) is 0.699. The first kappa shape index (κ1) is 13.2. The number of hydrogen-bond donors (Lipinski definition) is 2. The van der Waals surface area contributed by atoms with Crippen molar-refractivity contribution in [3.05, 3.63) is 35.9 Å². The Morgan fingerprint density at radius 1 is 1.12 bits per heavy atom. The molecule has 1 rings (SSSR count). The van der Waals surface area contributed by atoms with Gasteiger partial charge >= 0.3 is 11.9 Å². The Kier molecular flexibility index (Phi) is 3.85. The van der Waals surface area contributed by atoms with Crippen LogP contribution in [0.2, 0.25) is 0 Å². The van der Waals surface area contributed by atoms with Crippen molar-refractivity contribution < 1.29 is 19.8 Å². The Balaban J connectivity index is 3.16. The highest BCUT2D eigenvalue weighted by Crippen LogP contribution is 2.20. The van der Waals surface area contributed by atoms with Gasteiger partial charge in [0.05, 0.1) is 0 Å². The fourth-order valence-corrected chi connectivity index (χ4v) is 1.67. The Morgan fingerprint density at radius 3 is 1.94 bits per heavy atom. The molecule has 0 radical (unpaired) electrons. The molecule has 0 saturated heterocycles. The minimum Gasteiger partial charge on any atom is -0.479 e. The average Bonchev–Trinajstić information content (AvgIpc) is 2.25. The third-order valence-corrected chi connectivity index (χ3v) is 2.77. The summed E-state index contributed by atoms with van der Waals surface area (Å²) in [6, 6.07) is 8.72. The number of likely N-dealkylation sites (N-methyl/N-ethyl adjacent to an activating group) is 1. The van der Waals surface area contributed by atoms with Gasteiger partial charge in [-0.05, 0) is 19.7 Å². The highest BCUT2D eigenvalue weighted by Gasteiger charge is 2.48. The summed E-state index contributed by atoms with van der Waals surface area (Å²) in [5.74, 6) is -2.72. The van der Waals surface area contributed by atoms with Gasteiger partial charge in [-0.3, -0.25) is 4.90 Å². The number of rotatable bonds is 5. The quantitative estimate of drug-likeness (QED) is 0.737. The zero-order valence-electron chi connectivity index (χ0n) is 9.75. The summed E-state index contributed by atoms with van der Waals surface area (Å²) in [6.45, 7) is 0. The van der Waals surface area contributed by atoms with E-state index in [1.807, 2.05) is 0 Å². The fraction of sp³-hybridized carbons (Fsp3) is 0.333. The standard InChI is InChI=1S/C12H15NO4/c1-13(2)12(10(14)15,11(16)17)8-9-6-4-3-5-7-9/h3-7H,8H2,1-2H3,(H,14,15)(H,16,17). The number of hydrogen-bond acceptors (Lipinski definition) is 3. The molecule has 0 aliphatic heterocycles. The average molecular weight is 237 g/mol. The maximum Gasteiger partial charge on any atom is 0.336 e. The van der Waals surface area contributed by atoms with Gasteiger partial charge < -0.3 is 10.2 Å². The zero-order valence-corrected chi connectivity index (χ0v) is 9.75. The molecule has 0 fully saturated rings. The number of carboxylic acid groups (broad SMARTS) is 2. The van der Waals surface area contributed by atoms with E-state index in [-0.39, 0.29) is 6.42 Å². The third kappa shape index (κ3) is 2.45. The normalized spacial score (nSPS) is 11.5. The van der Waals surface area contributed by atoms with Crippen LogP contribution < -0.4 is 0 Å². The van der Waals surface area contributed by atoms with Crippen LogP contribution >= 0.6 is 0 Å². The molecule has 0 atom stereocenters. The largest absolute Gasteiger partial charge is 0.479 e. The summed E-state index contributed by atoms with van der Waals surface area (Å²) >= 11 is 0. The van der Waals surface area contributed by atoms with E-state index < -0.39 is 17.5 Å². The maximum absolute atomic E-state index is 11.3. The third-order valence-electron chi connectivity index (χ3n) is 2.77. The van der Waals surface area contributed by atoms with Crippen molar-refractivity contribution in [2.45, 2.75) is 12.0 Å².